The van der Waals surface area contributed by atoms with Crippen molar-refractivity contribution in [3.8, 4) is 0 Å². The number of hydrogen-bond donors (Lipinski definition) is 0. The number of benzene rings is 2. The van der Waals surface area contributed by atoms with Crippen molar-refractivity contribution in [1.29, 1.82) is 0 Å². The van der Waals surface area contributed by atoms with Gasteiger partial charge in [-0.25, -0.2) is 0 Å². The summed E-state index contributed by atoms with van der Waals surface area (Å²) >= 11 is 1.91. The molecule has 0 N–H and O–H groups in total. The van der Waals surface area contributed by atoms with E-state index in [1.54, 1.807) is 0 Å². The maximum atomic E-state index is 4.53. The fraction of sp³-hybridized carbons (Fsp3) is 0.235. The first-order chi connectivity index (χ1) is 9.29. The second-order valence-corrected chi connectivity index (χ2v) is 5.95. The van der Waals surface area contributed by atoms with Crippen LogP contribution >= 0.6 is 11.8 Å². The topological polar surface area (TPSA) is 12.4 Å². The Labute approximate surface area is 119 Å². The highest BCUT2D eigenvalue weighted by atomic mass is 32.2. The molecule has 0 radical (unpaired) electrons. The predicted octanol–water partition coefficient (Wildman–Crippen LogP) is 5.33. The van der Waals surface area contributed by atoms with Crippen LogP contribution in [0, 0.1) is 0 Å². The summed E-state index contributed by atoms with van der Waals surface area (Å²) in [5.74, 6) is 0. The molecule has 0 amide bonds. The van der Waals surface area contributed by atoms with Crippen LogP contribution < -0.4 is 0 Å². The van der Waals surface area contributed by atoms with Gasteiger partial charge < -0.3 is 0 Å². The van der Waals surface area contributed by atoms with Gasteiger partial charge in [0.1, 0.15) is 0 Å². The Morgan fingerprint density at radius 2 is 1.74 bits per heavy atom. The second kappa shape index (κ2) is 7.15. The molecule has 1 unspecified atom stereocenters. The number of rotatable bonds is 5. The third-order valence-corrected chi connectivity index (χ3v) is 4.29. The van der Waals surface area contributed by atoms with E-state index in [1.165, 1.54) is 16.9 Å². The van der Waals surface area contributed by atoms with Crippen molar-refractivity contribution in [2.75, 3.05) is 0 Å². The monoisotopic (exact) mass is 269 g/mol. The van der Waals surface area contributed by atoms with Gasteiger partial charge >= 0.3 is 0 Å². The Morgan fingerprint density at radius 3 is 2.47 bits per heavy atom. The SMILES string of the molecule is CCC(C)Sc1ccccc1C=Nc1ccccc1. The summed E-state index contributed by atoms with van der Waals surface area (Å²) in [6, 6.07) is 18.5. The fourth-order valence-corrected chi connectivity index (χ4v) is 2.67. The van der Waals surface area contributed by atoms with Crippen molar-refractivity contribution in [2.24, 2.45) is 4.99 Å². The Bertz CT molecular complexity index is 534. The zero-order valence-corrected chi connectivity index (χ0v) is 12.2. The number of hydrogen-bond acceptors (Lipinski definition) is 2. The molecule has 2 heteroatoms. The fourth-order valence-electron chi connectivity index (χ4n) is 1.65. The Hall–Kier alpha value is -1.54. The molecule has 19 heavy (non-hydrogen) atoms. The average molecular weight is 269 g/mol. The minimum Gasteiger partial charge on any atom is -0.256 e. The summed E-state index contributed by atoms with van der Waals surface area (Å²) in [5, 5.41) is 0.631. The van der Waals surface area contributed by atoms with E-state index in [2.05, 4.69) is 43.1 Å². The van der Waals surface area contributed by atoms with Crippen LogP contribution in [0.25, 0.3) is 0 Å². The predicted molar refractivity (Wildman–Crippen MR) is 85.7 cm³/mol. The number of nitrogens with zero attached hydrogens (tertiary/aromatic N) is 1. The van der Waals surface area contributed by atoms with Crippen LogP contribution in [0.2, 0.25) is 0 Å². The number of thioether (sulfide) groups is 1. The lowest BCUT2D eigenvalue weighted by atomic mass is 10.2. The third-order valence-electron chi connectivity index (χ3n) is 2.93. The molecule has 98 valence electrons. The molecule has 0 aromatic heterocycles. The third kappa shape index (κ3) is 4.25. The van der Waals surface area contributed by atoms with Crippen LogP contribution in [0.15, 0.2) is 64.5 Å². The van der Waals surface area contributed by atoms with E-state index < -0.39 is 0 Å². The number of para-hydroxylation sites is 1. The Kier molecular flexibility index (Phi) is 5.22. The highest BCUT2D eigenvalue weighted by Gasteiger charge is 2.05. The summed E-state index contributed by atoms with van der Waals surface area (Å²) < 4.78 is 0. The van der Waals surface area contributed by atoms with E-state index >= 15 is 0 Å². The van der Waals surface area contributed by atoms with Crippen LogP contribution in [-0.4, -0.2) is 11.5 Å². The molecule has 0 heterocycles. The van der Waals surface area contributed by atoms with Gasteiger partial charge in [0.05, 0.1) is 5.69 Å². The summed E-state index contributed by atoms with van der Waals surface area (Å²) in [7, 11) is 0. The van der Waals surface area contributed by atoms with Crippen LogP contribution in [-0.2, 0) is 0 Å². The molecule has 0 saturated carbocycles. The molecule has 0 aliphatic heterocycles. The normalized spacial score (nSPS) is 12.7. The maximum absolute atomic E-state index is 4.53. The molecule has 2 aromatic carbocycles. The molecule has 0 bridgehead atoms. The van der Waals surface area contributed by atoms with Crippen molar-refractivity contribution >= 4 is 23.7 Å². The zero-order chi connectivity index (χ0) is 13.5. The summed E-state index contributed by atoms with van der Waals surface area (Å²) in [6.07, 6.45) is 3.13. The van der Waals surface area contributed by atoms with Gasteiger partial charge in [0.2, 0.25) is 0 Å². The van der Waals surface area contributed by atoms with Crippen LogP contribution in [0.3, 0.4) is 0 Å². The molecule has 0 saturated heterocycles. The summed E-state index contributed by atoms with van der Waals surface area (Å²) in [5.41, 5.74) is 2.18. The lowest BCUT2D eigenvalue weighted by Gasteiger charge is -2.10. The van der Waals surface area contributed by atoms with Crippen molar-refractivity contribution in [3.05, 3.63) is 60.2 Å². The smallest absolute Gasteiger partial charge is 0.0629 e. The first kappa shape index (κ1) is 13.9. The van der Waals surface area contributed by atoms with Gasteiger partial charge in [-0.3, -0.25) is 4.99 Å². The second-order valence-electron chi connectivity index (χ2n) is 4.47. The van der Waals surface area contributed by atoms with E-state index in [0.29, 0.717) is 5.25 Å². The number of aliphatic imine (C=N–C) groups is 1. The van der Waals surface area contributed by atoms with Crippen LogP contribution in [0.1, 0.15) is 25.8 Å². The van der Waals surface area contributed by atoms with Crippen molar-refractivity contribution in [2.45, 2.75) is 30.4 Å². The maximum Gasteiger partial charge on any atom is 0.0629 e. The minimum absolute atomic E-state index is 0.631. The van der Waals surface area contributed by atoms with Crippen molar-refractivity contribution < 1.29 is 0 Å². The van der Waals surface area contributed by atoms with E-state index in [-0.39, 0.29) is 0 Å². The van der Waals surface area contributed by atoms with E-state index in [1.807, 2.05) is 48.3 Å². The van der Waals surface area contributed by atoms with E-state index in [9.17, 15) is 0 Å². The molecule has 2 rings (SSSR count). The quantitative estimate of drug-likeness (QED) is 0.528. The Morgan fingerprint density at radius 1 is 1.05 bits per heavy atom. The molecule has 0 fully saturated rings. The standard InChI is InChI=1S/C17H19NS/c1-3-14(2)19-17-12-8-7-9-15(17)13-18-16-10-5-4-6-11-16/h4-14H,3H2,1-2H3. The lowest BCUT2D eigenvalue weighted by molar-refractivity contribution is 0.905. The molecule has 0 aliphatic rings. The highest BCUT2D eigenvalue weighted by Crippen LogP contribution is 2.27. The van der Waals surface area contributed by atoms with Gasteiger partial charge in [0.15, 0.2) is 0 Å². The van der Waals surface area contributed by atoms with Gasteiger partial charge in [-0.05, 0) is 24.6 Å². The summed E-state index contributed by atoms with van der Waals surface area (Å²) in [4.78, 5) is 5.83. The van der Waals surface area contributed by atoms with Crippen molar-refractivity contribution in [1.82, 2.24) is 0 Å². The Balaban J connectivity index is 2.18. The average Bonchev–Trinajstić information content (AvgIpc) is 2.47. The molecular weight excluding hydrogens is 250 g/mol. The van der Waals surface area contributed by atoms with Gasteiger partial charge in [0, 0.05) is 21.9 Å². The molecule has 1 nitrogen and oxygen atoms in total. The van der Waals surface area contributed by atoms with Crippen LogP contribution in [0.5, 0.6) is 0 Å². The van der Waals surface area contributed by atoms with Gasteiger partial charge in [-0.15, -0.1) is 11.8 Å². The van der Waals surface area contributed by atoms with Gasteiger partial charge in [-0.2, -0.15) is 0 Å². The molecular formula is C17H19NS. The van der Waals surface area contributed by atoms with E-state index in [0.717, 1.165) is 5.69 Å². The largest absolute Gasteiger partial charge is 0.256 e. The molecule has 1 atom stereocenters. The highest BCUT2D eigenvalue weighted by molar-refractivity contribution is 8.00. The van der Waals surface area contributed by atoms with Gasteiger partial charge in [0.25, 0.3) is 0 Å². The molecule has 2 aromatic rings. The van der Waals surface area contributed by atoms with Crippen molar-refractivity contribution in [3.63, 3.8) is 0 Å². The van der Waals surface area contributed by atoms with Crippen LogP contribution in [0.4, 0.5) is 5.69 Å². The summed E-state index contributed by atoms with van der Waals surface area (Å²) in [6.45, 7) is 4.48. The molecule has 0 spiro atoms. The molecule has 0 aliphatic carbocycles. The first-order valence-electron chi connectivity index (χ1n) is 6.64. The lowest BCUT2D eigenvalue weighted by Crippen LogP contribution is -1.94. The minimum atomic E-state index is 0.631. The zero-order valence-electron chi connectivity index (χ0n) is 11.4. The first-order valence-corrected chi connectivity index (χ1v) is 7.52. The van der Waals surface area contributed by atoms with E-state index in [4.69, 9.17) is 0 Å². The van der Waals surface area contributed by atoms with Gasteiger partial charge in [-0.1, -0.05) is 50.2 Å².